The predicted molar refractivity (Wildman–Crippen MR) is 87.6 cm³/mol. The first-order valence-corrected chi connectivity index (χ1v) is 7.15. The molecule has 0 aliphatic heterocycles. The van der Waals surface area contributed by atoms with E-state index in [1.54, 1.807) is 6.07 Å². The molecule has 0 unspecified atom stereocenters. The van der Waals surface area contributed by atoms with E-state index in [0.29, 0.717) is 5.69 Å². The number of rotatable bonds is 2. The molecule has 0 spiro atoms. The summed E-state index contributed by atoms with van der Waals surface area (Å²) in [5, 5.41) is 28.1. The van der Waals surface area contributed by atoms with E-state index in [1.807, 2.05) is 48.5 Å². The first-order valence-electron chi connectivity index (χ1n) is 7.15. The fourth-order valence-electron chi connectivity index (χ4n) is 2.51. The highest BCUT2D eigenvalue weighted by molar-refractivity contribution is 5.81. The van der Waals surface area contributed by atoms with Gasteiger partial charge in [0.15, 0.2) is 0 Å². The quantitative estimate of drug-likeness (QED) is 0.594. The Bertz CT molecular complexity index is 994. The summed E-state index contributed by atoms with van der Waals surface area (Å²) in [7, 11) is 0. The molecule has 0 radical (unpaired) electrons. The summed E-state index contributed by atoms with van der Waals surface area (Å²) in [6.07, 6.45) is 0. The summed E-state index contributed by atoms with van der Waals surface area (Å²) in [5.74, 6) is -0.0806. The summed E-state index contributed by atoms with van der Waals surface area (Å²) in [6, 6.07) is 20.2. The predicted octanol–water partition coefficient (Wildman–Crippen LogP) is 3.50. The Hall–Kier alpha value is -3.34. The third-order valence-corrected chi connectivity index (χ3v) is 3.66. The van der Waals surface area contributed by atoms with Crippen LogP contribution in [-0.4, -0.2) is 25.2 Å². The molecule has 0 bridgehead atoms. The van der Waals surface area contributed by atoms with Gasteiger partial charge in [0, 0.05) is 6.07 Å². The van der Waals surface area contributed by atoms with E-state index in [4.69, 9.17) is 0 Å². The second-order valence-electron chi connectivity index (χ2n) is 5.23. The average molecular weight is 303 g/mol. The Morgan fingerprint density at radius 2 is 1.48 bits per heavy atom. The number of hydrogen-bond donors (Lipinski definition) is 2. The van der Waals surface area contributed by atoms with Gasteiger partial charge in [-0.1, -0.05) is 36.4 Å². The third-order valence-electron chi connectivity index (χ3n) is 3.66. The third kappa shape index (κ3) is 2.38. The van der Waals surface area contributed by atoms with Crippen LogP contribution in [0.15, 0.2) is 66.7 Å². The smallest absolute Gasteiger partial charge is 0.146 e. The van der Waals surface area contributed by atoms with Crippen molar-refractivity contribution in [2.45, 2.75) is 0 Å². The van der Waals surface area contributed by atoms with E-state index in [2.05, 4.69) is 10.2 Å². The van der Waals surface area contributed by atoms with Gasteiger partial charge in [-0.2, -0.15) is 0 Å². The lowest BCUT2D eigenvalue weighted by Gasteiger charge is -2.02. The maximum absolute atomic E-state index is 9.94. The maximum Gasteiger partial charge on any atom is 0.146 e. The minimum Gasteiger partial charge on any atom is -0.508 e. The average Bonchev–Trinajstić information content (AvgIpc) is 2.98. The molecule has 2 N–H and O–H groups in total. The molecular weight excluding hydrogens is 290 g/mol. The molecule has 3 aromatic carbocycles. The molecule has 0 amide bonds. The van der Waals surface area contributed by atoms with Crippen LogP contribution < -0.4 is 0 Å². The van der Waals surface area contributed by atoms with Crippen LogP contribution in [0.4, 0.5) is 0 Å². The molecule has 0 aliphatic carbocycles. The molecule has 5 nitrogen and oxygen atoms in total. The normalized spacial score (nSPS) is 11.0. The van der Waals surface area contributed by atoms with Crippen molar-refractivity contribution in [3.63, 3.8) is 0 Å². The highest BCUT2D eigenvalue weighted by Crippen LogP contribution is 2.27. The first kappa shape index (κ1) is 13.3. The number of nitrogens with zero attached hydrogens (tertiary/aromatic N) is 3. The number of fused-ring (bicyclic) bond motifs is 1. The summed E-state index contributed by atoms with van der Waals surface area (Å²) in [4.78, 5) is 1.37. The second-order valence-corrected chi connectivity index (χ2v) is 5.23. The van der Waals surface area contributed by atoms with Crippen LogP contribution in [0, 0.1) is 0 Å². The minimum absolute atomic E-state index is 0.00525. The van der Waals surface area contributed by atoms with Gasteiger partial charge in [0.25, 0.3) is 0 Å². The zero-order valence-electron chi connectivity index (χ0n) is 12.1. The van der Waals surface area contributed by atoms with E-state index in [0.717, 1.165) is 22.2 Å². The summed E-state index contributed by atoms with van der Waals surface area (Å²) in [5.41, 5.74) is 4.05. The zero-order valence-corrected chi connectivity index (χ0v) is 12.1. The molecule has 0 saturated heterocycles. The van der Waals surface area contributed by atoms with E-state index in [1.165, 1.54) is 16.9 Å². The lowest BCUT2D eigenvalue weighted by atomic mass is 10.1. The molecule has 0 saturated carbocycles. The van der Waals surface area contributed by atoms with Crippen LogP contribution in [0.1, 0.15) is 0 Å². The zero-order chi connectivity index (χ0) is 15.8. The van der Waals surface area contributed by atoms with Gasteiger partial charge in [0.2, 0.25) is 0 Å². The fourth-order valence-corrected chi connectivity index (χ4v) is 2.51. The van der Waals surface area contributed by atoms with E-state index < -0.39 is 0 Å². The molecule has 0 fully saturated rings. The molecule has 0 atom stereocenters. The second kappa shape index (κ2) is 5.14. The van der Waals surface area contributed by atoms with Gasteiger partial charge in [-0.05, 0) is 35.4 Å². The Morgan fingerprint density at radius 1 is 0.696 bits per heavy atom. The van der Waals surface area contributed by atoms with Crippen molar-refractivity contribution in [3.8, 4) is 28.3 Å². The van der Waals surface area contributed by atoms with Crippen molar-refractivity contribution < 1.29 is 10.2 Å². The highest BCUT2D eigenvalue weighted by atomic mass is 16.3. The van der Waals surface area contributed by atoms with E-state index in [9.17, 15) is 10.2 Å². The van der Waals surface area contributed by atoms with Crippen LogP contribution in [0.2, 0.25) is 0 Å². The Morgan fingerprint density at radius 3 is 2.26 bits per heavy atom. The van der Waals surface area contributed by atoms with E-state index in [-0.39, 0.29) is 11.5 Å². The number of phenols is 2. The van der Waals surface area contributed by atoms with Crippen molar-refractivity contribution in [3.05, 3.63) is 66.7 Å². The number of phenolic OH excluding ortho intramolecular Hbond substituents is 2. The lowest BCUT2D eigenvalue weighted by molar-refractivity contribution is 0.446. The van der Waals surface area contributed by atoms with Crippen molar-refractivity contribution in [2.75, 3.05) is 0 Å². The monoisotopic (exact) mass is 303 g/mol. The van der Waals surface area contributed by atoms with Gasteiger partial charge < -0.3 is 10.2 Å². The van der Waals surface area contributed by atoms with Crippen LogP contribution in [0.3, 0.4) is 0 Å². The van der Waals surface area contributed by atoms with Crippen molar-refractivity contribution in [1.82, 2.24) is 15.0 Å². The minimum atomic E-state index is -0.0754. The number of benzene rings is 3. The standard InChI is InChI=1S/C18H13N3O2/c22-14-7-9-17(18(23)11-14)21-19-15-8-6-13(10-16(15)20-21)12-4-2-1-3-5-12/h1-11,22-23H. The van der Waals surface area contributed by atoms with Gasteiger partial charge in [-0.3, -0.25) is 0 Å². The summed E-state index contributed by atoms with van der Waals surface area (Å²) < 4.78 is 0. The molecule has 23 heavy (non-hydrogen) atoms. The Labute approximate surface area is 132 Å². The van der Waals surface area contributed by atoms with Gasteiger partial charge in [-0.15, -0.1) is 15.0 Å². The van der Waals surface area contributed by atoms with E-state index >= 15 is 0 Å². The molecular formula is C18H13N3O2. The molecule has 0 aliphatic rings. The molecule has 1 aromatic heterocycles. The SMILES string of the molecule is Oc1ccc(-n2nc3ccc(-c4ccccc4)cc3n2)c(O)c1. The first-order chi connectivity index (χ1) is 11.2. The summed E-state index contributed by atoms with van der Waals surface area (Å²) >= 11 is 0. The van der Waals surface area contributed by atoms with Crippen LogP contribution in [0.5, 0.6) is 11.5 Å². The molecule has 1 heterocycles. The number of aromatic nitrogens is 3. The Balaban J connectivity index is 1.82. The van der Waals surface area contributed by atoms with Crippen molar-refractivity contribution in [2.24, 2.45) is 0 Å². The van der Waals surface area contributed by atoms with Crippen LogP contribution in [-0.2, 0) is 0 Å². The fraction of sp³-hybridized carbons (Fsp3) is 0. The largest absolute Gasteiger partial charge is 0.508 e. The molecule has 4 rings (SSSR count). The maximum atomic E-state index is 9.94. The number of hydrogen-bond acceptors (Lipinski definition) is 4. The summed E-state index contributed by atoms with van der Waals surface area (Å²) in [6.45, 7) is 0. The Kier molecular flexibility index (Phi) is 2.98. The molecule has 4 aromatic rings. The van der Waals surface area contributed by atoms with Crippen molar-refractivity contribution >= 4 is 11.0 Å². The molecule has 5 heteroatoms. The van der Waals surface area contributed by atoms with Crippen LogP contribution in [0.25, 0.3) is 27.8 Å². The lowest BCUT2D eigenvalue weighted by Crippen LogP contribution is -1.98. The van der Waals surface area contributed by atoms with Crippen LogP contribution >= 0.6 is 0 Å². The van der Waals surface area contributed by atoms with Gasteiger partial charge in [-0.25, -0.2) is 0 Å². The number of aromatic hydroxyl groups is 2. The van der Waals surface area contributed by atoms with Gasteiger partial charge in [0.1, 0.15) is 28.2 Å². The van der Waals surface area contributed by atoms with Crippen molar-refractivity contribution in [1.29, 1.82) is 0 Å². The van der Waals surface area contributed by atoms with Gasteiger partial charge in [0.05, 0.1) is 0 Å². The highest BCUT2D eigenvalue weighted by Gasteiger charge is 2.10. The topological polar surface area (TPSA) is 71.2 Å². The molecule has 112 valence electrons. The van der Waals surface area contributed by atoms with Gasteiger partial charge >= 0.3 is 0 Å².